The van der Waals surface area contributed by atoms with Crippen LogP contribution in [0.25, 0.3) is 5.65 Å². The number of para-hydroxylation sites is 1. The Bertz CT molecular complexity index is 904. The molecule has 0 spiro atoms. The summed E-state index contributed by atoms with van der Waals surface area (Å²) < 4.78 is 6.43. The van der Waals surface area contributed by atoms with Crippen molar-refractivity contribution in [2.75, 3.05) is 5.32 Å². The molecule has 0 unspecified atom stereocenters. The van der Waals surface area contributed by atoms with Gasteiger partial charge in [-0.3, -0.25) is 14.0 Å². The Morgan fingerprint density at radius 2 is 1.88 bits per heavy atom. The van der Waals surface area contributed by atoms with Crippen LogP contribution in [0.1, 0.15) is 19.9 Å². The maximum absolute atomic E-state index is 12.6. The minimum absolute atomic E-state index is 0. The van der Waals surface area contributed by atoms with Crippen molar-refractivity contribution >= 4 is 23.1 Å². The molecule has 0 aliphatic carbocycles. The van der Waals surface area contributed by atoms with E-state index in [2.05, 4.69) is 10.3 Å². The molecule has 0 aliphatic rings. The molecular formula is C18H19N3O3. The molecule has 3 rings (SSSR count). The lowest BCUT2D eigenvalue weighted by Crippen LogP contribution is -2.23. The number of ether oxygens (including phenoxy) is 1. The lowest BCUT2D eigenvalue weighted by Gasteiger charge is -2.12. The molecule has 0 fully saturated rings. The predicted octanol–water partition coefficient (Wildman–Crippen LogP) is 3.14. The molecule has 0 radical (unpaired) electrons. The molecule has 0 bridgehead atoms. The van der Waals surface area contributed by atoms with E-state index in [1.54, 1.807) is 24.4 Å². The Labute approximate surface area is 139 Å². The van der Waals surface area contributed by atoms with E-state index in [-0.39, 0.29) is 19.6 Å². The highest BCUT2D eigenvalue weighted by Gasteiger charge is 2.14. The maximum Gasteiger partial charge on any atom is 0.302 e. The summed E-state index contributed by atoms with van der Waals surface area (Å²) in [4.78, 5) is 28.2. The number of pyridine rings is 1. The van der Waals surface area contributed by atoms with Crippen LogP contribution < -0.4 is 10.9 Å². The van der Waals surface area contributed by atoms with E-state index in [1.807, 2.05) is 30.3 Å². The first-order valence-electron chi connectivity index (χ1n) is 7.11. The van der Waals surface area contributed by atoms with Crippen LogP contribution in [0.15, 0.2) is 59.5 Å². The smallest absolute Gasteiger partial charge is 0.302 e. The van der Waals surface area contributed by atoms with E-state index >= 15 is 0 Å². The van der Waals surface area contributed by atoms with Crippen LogP contribution in [0, 0.1) is 0 Å². The number of nitrogens with zero attached hydrogens (tertiary/aromatic N) is 2. The fourth-order valence-corrected chi connectivity index (χ4v) is 2.19. The minimum atomic E-state index is -0.451. The van der Waals surface area contributed by atoms with E-state index in [9.17, 15) is 9.59 Å². The van der Waals surface area contributed by atoms with Crippen molar-refractivity contribution in [3.05, 3.63) is 70.6 Å². The number of carbonyl (C=O) groups excluding carboxylic acids is 1. The summed E-state index contributed by atoms with van der Waals surface area (Å²) in [6.45, 7) is 1.17. The monoisotopic (exact) mass is 325 g/mol. The van der Waals surface area contributed by atoms with Crippen molar-refractivity contribution in [2.24, 2.45) is 0 Å². The van der Waals surface area contributed by atoms with E-state index in [4.69, 9.17) is 4.74 Å². The average Bonchev–Trinajstić information content (AvgIpc) is 2.55. The Balaban J connectivity index is 0.00000208. The molecule has 6 heteroatoms. The third kappa shape index (κ3) is 3.60. The molecule has 6 nitrogen and oxygen atoms in total. The normalized spacial score (nSPS) is 10.0. The van der Waals surface area contributed by atoms with Gasteiger partial charge >= 0.3 is 5.97 Å². The number of hydrogen-bond acceptors (Lipinski definition) is 5. The molecule has 1 aromatic carbocycles. The molecule has 124 valence electrons. The summed E-state index contributed by atoms with van der Waals surface area (Å²) >= 11 is 0. The highest BCUT2D eigenvalue weighted by atomic mass is 16.5. The molecule has 2 heterocycles. The van der Waals surface area contributed by atoms with Crippen molar-refractivity contribution in [3.63, 3.8) is 0 Å². The zero-order valence-corrected chi connectivity index (χ0v) is 12.5. The molecule has 0 saturated heterocycles. The highest BCUT2D eigenvalue weighted by Crippen LogP contribution is 2.18. The molecule has 0 atom stereocenters. The number of rotatable bonds is 4. The maximum atomic E-state index is 12.6. The number of fused-ring (bicyclic) bond motifs is 1. The van der Waals surface area contributed by atoms with Crippen molar-refractivity contribution in [2.45, 2.75) is 21.0 Å². The molecule has 24 heavy (non-hydrogen) atoms. The van der Waals surface area contributed by atoms with Gasteiger partial charge in [0.15, 0.2) is 0 Å². The summed E-state index contributed by atoms with van der Waals surface area (Å²) in [5.41, 5.74) is 1.34. The van der Waals surface area contributed by atoms with Gasteiger partial charge in [-0.25, -0.2) is 4.98 Å². The van der Waals surface area contributed by atoms with Crippen molar-refractivity contribution in [3.8, 4) is 0 Å². The number of esters is 1. The third-order valence-corrected chi connectivity index (χ3v) is 3.28. The van der Waals surface area contributed by atoms with Gasteiger partial charge in [0.05, 0.1) is 5.56 Å². The number of carbonyl (C=O) groups is 1. The molecule has 0 aliphatic heterocycles. The Kier molecular flexibility index (Phi) is 5.31. The molecule has 0 amide bonds. The Morgan fingerprint density at radius 3 is 2.58 bits per heavy atom. The number of nitrogens with one attached hydrogen (secondary N) is 1. The Morgan fingerprint density at radius 1 is 1.17 bits per heavy atom. The summed E-state index contributed by atoms with van der Waals surface area (Å²) in [6.07, 6.45) is 1.63. The summed E-state index contributed by atoms with van der Waals surface area (Å²) in [5.74, 6) is -0.0677. The van der Waals surface area contributed by atoms with Crippen molar-refractivity contribution in [1.82, 2.24) is 9.38 Å². The van der Waals surface area contributed by atoms with Gasteiger partial charge in [0.25, 0.3) is 5.56 Å². The fourth-order valence-electron chi connectivity index (χ4n) is 2.19. The second kappa shape index (κ2) is 7.41. The highest BCUT2D eigenvalue weighted by molar-refractivity contribution is 5.67. The van der Waals surface area contributed by atoms with Crippen LogP contribution >= 0.6 is 0 Å². The van der Waals surface area contributed by atoms with Gasteiger partial charge in [-0.05, 0) is 24.3 Å². The topological polar surface area (TPSA) is 72.7 Å². The lowest BCUT2D eigenvalue weighted by atomic mass is 10.2. The van der Waals surface area contributed by atoms with Gasteiger partial charge in [0, 0.05) is 18.8 Å². The minimum Gasteiger partial charge on any atom is -0.461 e. The fraction of sp³-hybridized carbons (Fsp3) is 0.167. The predicted molar refractivity (Wildman–Crippen MR) is 93.4 cm³/mol. The second-order valence-electron chi connectivity index (χ2n) is 4.94. The standard InChI is InChI=1S/C17H15N3O3.CH4/c1-12(21)23-11-14-16(18-13-7-3-2-4-8-13)19-15-9-5-6-10-20(15)17(14)22;/h2-10,18H,11H2,1H3;1H4. The molecular weight excluding hydrogens is 306 g/mol. The van der Waals surface area contributed by atoms with Crippen molar-refractivity contribution < 1.29 is 9.53 Å². The van der Waals surface area contributed by atoms with E-state index in [0.29, 0.717) is 17.0 Å². The van der Waals surface area contributed by atoms with Crippen LogP contribution in [0.3, 0.4) is 0 Å². The van der Waals surface area contributed by atoms with Crippen LogP contribution in [0.5, 0.6) is 0 Å². The van der Waals surface area contributed by atoms with Gasteiger partial charge in [0.1, 0.15) is 18.1 Å². The largest absolute Gasteiger partial charge is 0.461 e. The third-order valence-electron chi connectivity index (χ3n) is 3.28. The first-order valence-corrected chi connectivity index (χ1v) is 7.11. The molecule has 2 aromatic heterocycles. The average molecular weight is 325 g/mol. The van der Waals surface area contributed by atoms with Gasteiger partial charge in [-0.2, -0.15) is 0 Å². The van der Waals surface area contributed by atoms with Crippen LogP contribution in [0.2, 0.25) is 0 Å². The van der Waals surface area contributed by atoms with Gasteiger partial charge in [-0.1, -0.05) is 31.7 Å². The van der Waals surface area contributed by atoms with E-state index in [0.717, 1.165) is 5.69 Å². The first-order chi connectivity index (χ1) is 11.1. The zero-order valence-electron chi connectivity index (χ0n) is 12.5. The van der Waals surface area contributed by atoms with E-state index < -0.39 is 5.97 Å². The van der Waals surface area contributed by atoms with Gasteiger partial charge in [0.2, 0.25) is 0 Å². The lowest BCUT2D eigenvalue weighted by molar-refractivity contribution is -0.142. The number of anilines is 2. The van der Waals surface area contributed by atoms with Crippen molar-refractivity contribution in [1.29, 1.82) is 0 Å². The van der Waals surface area contributed by atoms with Crippen LogP contribution in [-0.2, 0) is 16.1 Å². The summed E-state index contributed by atoms with van der Waals surface area (Å²) in [5, 5.41) is 3.11. The molecule has 3 aromatic rings. The summed E-state index contributed by atoms with van der Waals surface area (Å²) in [7, 11) is 0. The quantitative estimate of drug-likeness (QED) is 0.746. The van der Waals surface area contributed by atoms with Gasteiger partial charge in [-0.15, -0.1) is 0 Å². The van der Waals surface area contributed by atoms with E-state index in [1.165, 1.54) is 11.3 Å². The second-order valence-corrected chi connectivity index (χ2v) is 4.94. The Hall–Kier alpha value is -3.15. The summed E-state index contributed by atoms with van der Waals surface area (Å²) in [6, 6.07) is 14.7. The van der Waals surface area contributed by atoms with Crippen LogP contribution in [0.4, 0.5) is 11.5 Å². The number of hydrogen-bond donors (Lipinski definition) is 1. The number of aromatic nitrogens is 2. The van der Waals surface area contributed by atoms with Crippen LogP contribution in [-0.4, -0.2) is 15.4 Å². The number of benzene rings is 1. The first kappa shape index (κ1) is 17.2. The van der Waals surface area contributed by atoms with Gasteiger partial charge < -0.3 is 10.1 Å². The zero-order chi connectivity index (χ0) is 16.2. The molecule has 1 N–H and O–H groups in total. The SMILES string of the molecule is C.CC(=O)OCc1c(Nc2ccccc2)nc2ccccn2c1=O. The molecule has 0 saturated carbocycles.